The Hall–Kier alpha value is -1.63. The predicted molar refractivity (Wildman–Crippen MR) is 60.7 cm³/mol. The maximum Gasteiger partial charge on any atom is 0.322 e. The minimum atomic E-state index is 0.0148. The Bertz CT molecular complexity index is 332. The second-order valence-electron chi connectivity index (χ2n) is 3.42. The maximum atomic E-state index is 8.69. The number of hydrogen-bond donors (Lipinski definition) is 3. The van der Waals surface area contributed by atoms with Crippen molar-refractivity contribution in [1.82, 2.24) is 15.0 Å². The van der Waals surface area contributed by atoms with Crippen LogP contribution in [0.25, 0.3) is 0 Å². The van der Waals surface area contributed by atoms with Gasteiger partial charge in [0.1, 0.15) is 0 Å². The topological polar surface area (TPSA) is 92.2 Å². The zero-order chi connectivity index (χ0) is 12.0. The molecule has 16 heavy (non-hydrogen) atoms. The van der Waals surface area contributed by atoms with E-state index in [2.05, 4.69) is 25.6 Å². The Labute approximate surface area is 94.3 Å². The van der Waals surface area contributed by atoms with Crippen molar-refractivity contribution in [3.8, 4) is 6.01 Å². The van der Waals surface area contributed by atoms with Crippen LogP contribution in [0.2, 0.25) is 0 Å². The van der Waals surface area contributed by atoms with Crippen LogP contribution in [0.5, 0.6) is 6.01 Å². The molecule has 0 spiro atoms. The van der Waals surface area contributed by atoms with Gasteiger partial charge in [-0.1, -0.05) is 0 Å². The summed E-state index contributed by atoms with van der Waals surface area (Å²) in [5.74, 6) is 0.825. The van der Waals surface area contributed by atoms with Gasteiger partial charge in [0.05, 0.1) is 13.7 Å². The van der Waals surface area contributed by atoms with Gasteiger partial charge in [0, 0.05) is 12.6 Å². The molecule has 0 aliphatic carbocycles. The van der Waals surface area contributed by atoms with E-state index in [1.54, 1.807) is 0 Å². The molecule has 7 nitrogen and oxygen atoms in total. The van der Waals surface area contributed by atoms with Crippen molar-refractivity contribution in [2.75, 3.05) is 30.9 Å². The molecule has 0 saturated carbocycles. The Morgan fingerprint density at radius 3 is 2.50 bits per heavy atom. The Kier molecular flexibility index (Phi) is 4.71. The highest BCUT2D eigenvalue weighted by Crippen LogP contribution is 2.11. The quantitative estimate of drug-likeness (QED) is 0.635. The largest absolute Gasteiger partial charge is 0.467 e. The van der Waals surface area contributed by atoms with Crippen molar-refractivity contribution < 1.29 is 9.84 Å². The lowest BCUT2D eigenvalue weighted by Crippen LogP contribution is -2.16. The first kappa shape index (κ1) is 12.4. The molecule has 0 unspecified atom stereocenters. The summed E-state index contributed by atoms with van der Waals surface area (Å²) in [5.41, 5.74) is 0. The van der Waals surface area contributed by atoms with Crippen molar-refractivity contribution in [2.24, 2.45) is 0 Å². The third-order valence-electron chi connectivity index (χ3n) is 1.61. The van der Waals surface area contributed by atoms with Gasteiger partial charge in [-0.15, -0.1) is 0 Å². The van der Waals surface area contributed by atoms with Gasteiger partial charge >= 0.3 is 6.01 Å². The summed E-state index contributed by atoms with van der Waals surface area (Å²) in [5, 5.41) is 14.6. The molecule has 1 aromatic rings. The number of aromatic nitrogens is 3. The van der Waals surface area contributed by atoms with Crippen LogP contribution in [0.15, 0.2) is 0 Å². The Morgan fingerprint density at radius 2 is 1.94 bits per heavy atom. The van der Waals surface area contributed by atoms with Crippen LogP contribution in [0.1, 0.15) is 13.8 Å². The smallest absolute Gasteiger partial charge is 0.322 e. The maximum absolute atomic E-state index is 8.69. The molecule has 7 heteroatoms. The normalized spacial score (nSPS) is 10.3. The molecule has 0 saturated heterocycles. The summed E-state index contributed by atoms with van der Waals surface area (Å²) in [6.07, 6.45) is 0. The summed E-state index contributed by atoms with van der Waals surface area (Å²) in [7, 11) is 1.49. The number of ether oxygens (including phenoxy) is 1. The molecule has 0 bridgehead atoms. The fourth-order valence-corrected chi connectivity index (χ4v) is 1.02. The lowest BCUT2D eigenvalue weighted by atomic mass is 10.4. The van der Waals surface area contributed by atoms with Crippen LogP contribution in [0.4, 0.5) is 11.9 Å². The van der Waals surface area contributed by atoms with Crippen molar-refractivity contribution >= 4 is 11.9 Å². The molecule has 0 radical (unpaired) electrons. The van der Waals surface area contributed by atoms with Crippen molar-refractivity contribution in [3.05, 3.63) is 0 Å². The number of aliphatic hydroxyl groups is 1. The van der Waals surface area contributed by atoms with Gasteiger partial charge in [-0.25, -0.2) is 0 Å². The average molecular weight is 227 g/mol. The number of nitrogens with one attached hydrogen (secondary N) is 2. The average Bonchev–Trinajstić information content (AvgIpc) is 2.25. The van der Waals surface area contributed by atoms with E-state index < -0.39 is 0 Å². The molecule has 0 aromatic carbocycles. The summed E-state index contributed by atoms with van der Waals surface area (Å²) in [6.45, 7) is 4.36. The van der Waals surface area contributed by atoms with Gasteiger partial charge < -0.3 is 20.5 Å². The van der Waals surface area contributed by atoms with Crippen LogP contribution in [-0.4, -0.2) is 46.4 Å². The molecule has 0 fully saturated rings. The predicted octanol–water partition coefficient (Wildman–Crippen LogP) is 0.105. The molecule has 0 aliphatic heterocycles. The number of aliphatic hydroxyl groups excluding tert-OH is 1. The molecule has 1 heterocycles. The minimum absolute atomic E-state index is 0.0148. The van der Waals surface area contributed by atoms with Crippen molar-refractivity contribution in [1.29, 1.82) is 0 Å². The molecule has 3 N–H and O–H groups in total. The van der Waals surface area contributed by atoms with Gasteiger partial charge in [-0.2, -0.15) is 15.0 Å². The lowest BCUT2D eigenvalue weighted by molar-refractivity contribution is 0.310. The van der Waals surface area contributed by atoms with E-state index in [1.807, 2.05) is 13.8 Å². The van der Waals surface area contributed by atoms with E-state index in [-0.39, 0.29) is 18.7 Å². The summed E-state index contributed by atoms with van der Waals surface area (Å²) in [6, 6.07) is 0.455. The van der Waals surface area contributed by atoms with E-state index in [9.17, 15) is 0 Å². The van der Waals surface area contributed by atoms with E-state index >= 15 is 0 Å². The minimum Gasteiger partial charge on any atom is -0.467 e. The zero-order valence-electron chi connectivity index (χ0n) is 9.69. The number of anilines is 2. The fraction of sp³-hybridized carbons (Fsp3) is 0.667. The van der Waals surface area contributed by atoms with Crippen LogP contribution >= 0.6 is 0 Å². The number of nitrogens with zero attached hydrogens (tertiary/aromatic N) is 3. The van der Waals surface area contributed by atoms with E-state index in [0.29, 0.717) is 18.4 Å². The summed E-state index contributed by atoms with van der Waals surface area (Å²) >= 11 is 0. The van der Waals surface area contributed by atoms with Crippen LogP contribution in [0, 0.1) is 0 Å². The molecular formula is C9H17N5O2. The second kappa shape index (κ2) is 6.06. The second-order valence-corrected chi connectivity index (χ2v) is 3.42. The number of methoxy groups -OCH3 is 1. The van der Waals surface area contributed by atoms with E-state index in [4.69, 9.17) is 9.84 Å². The standard InChI is InChI=1S/C9H17N5O2/c1-6(2)11-8-12-7(10-4-5-15)13-9(14-8)16-3/h6,15H,4-5H2,1-3H3,(H2,10,11,12,13,14). The fourth-order valence-electron chi connectivity index (χ4n) is 1.02. The summed E-state index contributed by atoms with van der Waals surface area (Å²) in [4.78, 5) is 12.2. The first-order chi connectivity index (χ1) is 7.65. The van der Waals surface area contributed by atoms with Gasteiger partial charge in [-0.3, -0.25) is 0 Å². The highest BCUT2D eigenvalue weighted by atomic mass is 16.5. The van der Waals surface area contributed by atoms with Gasteiger partial charge in [0.25, 0.3) is 0 Å². The first-order valence-corrected chi connectivity index (χ1v) is 5.07. The molecular weight excluding hydrogens is 210 g/mol. The van der Waals surface area contributed by atoms with E-state index in [1.165, 1.54) is 7.11 Å². The number of rotatable bonds is 6. The van der Waals surface area contributed by atoms with E-state index in [0.717, 1.165) is 0 Å². The first-order valence-electron chi connectivity index (χ1n) is 5.07. The monoisotopic (exact) mass is 227 g/mol. The molecule has 1 rings (SSSR count). The highest BCUT2D eigenvalue weighted by Gasteiger charge is 2.06. The molecule has 0 amide bonds. The van der Waals surface area contributed by atoms with Crippen molar-refractivity contribution in [2.45, 2.75) is 19.9 Å². The van der Waals surface area contributed by atoms with Gasteiger partial charge in [0.2, 0.25) is 11.9 Å². The van der Waals surface area contributed by atoms with Crippen LogP contribution < -0.4 is 15.4 Å². The van der Waals surface area contributed by atoms with Crippen LogP contribution in [0.3, 0.4) is 0 Å². The lowest BCUT2D eigenvalue weighted by Gasteiger charge is -2.10. The zero-order valence-corrected chi connectivity index (χ0v) is 9.69. The molecule has 0 atom stereocenters. The molecule has 0 aliphatic rings. The van der Waals surface area contributed by atoms with Gasteiger partial charge in [-0.05, 0) is 13.8 Å². The Morgan fingerprint density at radius 1 is 1.25 bits per heavy atom. The van der Waals surface area contributed by atoms with Gasteiger partial charge in [0.15, 0.2) is 0 Å². The third-order valence-corrected chi connectivity index (χ3v) is 1.61. The van der Waals surface area contributed by atoms with Crippen molar-refractivity contribution in [3.63, 3.8) is 0 Å². The molecule has 1 aromatic heterocycles. The molecule has 90 valence electrons. The SMILES string of the molecule is COc1nc(NCCO)nc(NC(C)C)n1. The third kappa shape index (κ3) is 3.85. The number of hydrogen-bond acceptors (Lipinski definition) is 7. The summed E-state index contributed by atoms with van der Waals surface area (Å²) < 4.78 is 4.95. The Balaban J connectivity index is 2.82. The highest BCUT2D eigenvalue weighted by molar-refractivity contribution is 5.36. The van der Waals surface area contributed by atoms with Crippen LogP contribution in [-0.2, 0) is 0 Å².